The number of amides is 1. The average molecular weight is 230 g/mol. The van der Waals surface area contributed by atoms with Gasteiger partial charge in [-0.1, -0.05) is 23.7 Å². The SMILES string of the molecule is O=C(O)NC1CC1c1cccc(Cl)c1F. The van der Waals surface area contributed by atoms with Crippen LogP contribution in [0, 0.1) is 5.82 Å². The molecule has 0 heterocycles. The van der Waals surface area contributed by atoms with Gasteiger partial charge in [-0.05, 0) is 18.1 Å². The molecule has 0 radical (unpaired) electrons. The van der Waals surface area contributed by atoms with Gasteiger partial charge in [-0.25, -0.2) is 9.18 Å². The van der Waals surface area contributed by atoms with Crippen molar-refractivity contribution in [3.8, 4) is 0 Å². The predicted molar refractivity (Wildman–Crippen MR) is 53.7 cm³/mol. The molecule has 15 heavy (non-hydrogen) atoms. The van der Waals surface area contributed by atoms with E-state index in [-0.39, 0.29) is 17.0 Å². The quantitative estimate of drug-likeness (QED) is 0.819. The Morgan fingerprint density at radius 3 is 3.00 bits per heavy atom. The van der Waals surface area contributed by atoms with Gasteiger partial charge in [0.2, 0.25) is 0 Å². The molecule has 2 N–H and O–H groups in total. The Kier molecular flexibility index (Phi) is 2.52. The lowest BCUT2D eigenvalue weighted by molar-refractivity contribution is 0.193. The van der Waals surface area contributed by atoms with Crippen molar-refractivity contribution in [1.82, 2.24) is 5.32 Å². The van der Waals surface area contributed by atoms with Gasteiger partial charge in [0.15, 0.2) is 0 Å². The molecule has 2 rings (SSSR count). The largest absolute Gasteiger partial charge is 0.465 e. The number of hydrogen-bond donors (Lipinski definition) is 2. The summed E-state index contributed by atoms with van der Waals surface area (Å²) in [5.41, 5.74) is 0.487. The van der Waals surface area contributed by atoms with E-state index in [0.29, 0.717) is 12.0 Å². The number of carboxylic acid groups (broad SMARTS) is 1. The minimum absolute atomic E-state index is 0.0773. The van der Waals surface area contributed by atoms with Crippen LogP contribution in [0.2, 0.25) is 5.02 Å². The highest BCUT2D eigenvalue weighted by atomic mass is 35.5. The Hall–Kier alpha value is -1.29. The molecule has 1 fully saturated rings. The molecule has 5 heteroatoms. The van der Waals surface area contributed by atoms with Crippen LogP contribution in [0.15, 0.2) is 18.2 Å². The van der Waals surface area contributed by atoms with Crippen LogP contribution in [0.4, 0.5) is 9.18 Å². The third-order valence-electron chi connectivity index (χ3n) is 2.48. The van der Waals surface area contributed by atoms with Crippen LogP contribution >= 0.6 is 11.6 Å². The summed E-state index contributed by atoms with van der Waals surface area (Å²) < 4.78 is 13.5. The van der Waals surface area contributed by atoms with Crippen LogP contribution in [0.3, 0.4) is 0 Å². The summed E-state index contributed by atoms with van der Waals surface area (Å²) in [4.78, 5) is 10.3. The number of carbonyl (C=O) groups is 1. The van der Waals surface area contributed by atoms with Crippen molar-refractivity contribution in [1.29, 1.82) is 0 Å². The van der Waals surface area contributed by atoms with Crippen molar-refractivity contribution in [3.63, 3.8) is 0 Å². The first-order valence-electron chi connectivity index (χ1n) is 4.53. The van der Waals surface area contributed by atoms with Crippen LogP contribution < -0.4 is 5.32 Å². The average Bonchev–Trinajstić information content (AvgIpc) is 2.88. The van der Waals surface area contributed by atoms with Gasteiger partial charge in [0.1, 0.15) is 5.82 Å². The molecule has 80 valence electrons. The second-order valence-corrected chi connectivity index (χ2v) is 3.95. The molecule has 2 atom stereocenters. The molecule has 1 aliphatic carbocycles. The van der Waals surface area contributed by atoms with E-state index in [2.05, 4.69) is 5.32 Å². The summed E-state index contributed by atoms with van der Waals surface area (Å²) in [5, 5.41) is 10.9. The summed E-state index contributed by atoms with van der Waals surface area (Å²) in [6, 6.07) is 4.59. The maximum atomic E-state index is 13.5. The van der Waals surface area contributed by atoms with Crippen molar-refractivity contribution in [2.45, 2.75) is 18.4 Å². The molecule has 0 saturated heterocycles. The van der Waals surface area contributed by atoms with Crippen LogP contribution in [-0.4, -0.2) is 17.2 Å². The van der Waals surface area contributed by atoms with Gasteiger partial charge >= 0.3 is 6.09 Å². The van der Waals surface area contributed by atoms with Crippen molar-refractivity contribution in [3.05, 3.63) is 34.6 Å². The van der Waals surface area contributed by atoms with Crippen molar-refractivity contribution >= 4 is 17.7 Å². The van der Waals surface area contributed by atoms with Crippen LogP contribution in [0.5, 0.6) is 0 Å². The molecular formula is C10H9ClFNO2. The van der Waals surface area contributed by atoms with E-state index in [1.54, 1.807) is 12.1 Å². The van der Waals surface area contributed by atoms with Crippen LogP contribution in [0.25, 0.3) is 0 Å². The second-order valence-electron chi connectivity index (χ2n) is 3.54. The molecule has 0 aliphatic heterocycles. The van der Waals surface area contributed by atoms with E-state index >= 15 is 0 Å². The number of rotatable bonds is 2. The molecule has 0 bridgehead atoms. The normalized spacial score (nSPS) is 23.6. The zero-order chi connectivity index (χ0) is 11.0. The van der Waals surface area contributed by atoms with Gasteiger partial charge < -0.3 is 10.4 Å². The van der Waals surface area contributed by atoms with E-state index < -0.39 is 11.9 Å². The summed E-state index contributed by atoms with van der Waals surface area (Å²) >= 11 is 5.63. The number of benzene rings is 1. The summed E-state index contributed by atoms with van der Waals surface area (Å²) in [5.74, 6) is -0.529. The monoisotopic (exact) mass is 229 g/mol. The molecule has 1 saturated carbocycles. The first-order valence-corrected chi connectivity index (χ1v) is 4.90. The first kappa shape index (κ1) is 10.2. The Balaban J connectivity index is 2.13. The molecule has 0 spiro atoms. The van der Waals surface area contributed by atoms with Gasteiger partial charge in [0.05, 0.1) is 5.02 Å². The van der Waals surface area contributed by atoms with Crippen LogP contribution in [-0.2, 0) is 0 Å². The third-order valence-corrected chi connectivity index (χ3v) is 2.77. The van der Waals surface area contributed by atoms with Crippen LogP contribution in [0.1, 0.15) is 17.9 Å². The fraction of sp³-hybridized carbons (Fsp3) is 0.300. The predicted octanol–water partition coefficient (Wildman–Crippen LogP) is 2.60. The Morgan fingerprint density at radius 2 is 2.33 bits per heavy atom. The lowest BCUT2D eigenvalue weighted by atomic mass is 10.1. The second kappa shape index (κ2) is 3.70. The summed E-state index contributed by atoms with van der Waals surface area (Å²) in [7, 11) is 0. The standard InChI is InChI=1S/C10H9ClFNO2/c11-7-3-1-2-5(9(7)12)6-4-8(6)13-10(14)15/h1-3,6,8,13H,4H2,(H,14,15). The number of halogens is 2. The molecule has 2 unspecified atom stereocenters. The summed E-state index contributed by atoms with van der Waals surface area (Å²) in [6.07, 6.45) is -0.450. The third kappa shape index (κ3) is 2.04. The van der Waals surface area contributed by atoms with Gasteiger partial charge in [-0.2, -0.15) is 0 Å². The van der Waals surface area contributed by atoms with Crippen molar-refractivity contribution < 1.29 is 14.3 Å². The molecule has 1 aliphatic rings. The smallest absolute Gasteiger partial charge is 0.404 e. The highest BCUT2D eigenvalue weighted by Crippen LogP contribution is 2.42. The fourth-order valence-electron chi connectivity index (χ4n) is 1.66. The lowest BCUT2D eigenvalue weighted by Gasteiger charge is -2.03. The lowest BCUT2D eigenvalue weighted by Crippen LogP contribution is -2.24. The molecular weight excluding hydrogens is 221 g/mol. The number of hydrogen-bond acceptors (Lipinski definition) is 1. The van der Waals surface area contributed by atoms with Gasteiger partial charge in [0, 0.05) is 12.0 Å². The molecule has 0 aromatic heterocycles. The van der Waals surface area contributed by atoms with E-state index in [1.165, 1.54) is 6.07 Å². The fourth-order valence-corrected chi connectivity index (χ4v) is 1.85. The molecule has 1 amide bonds. The Morgan fingerprint density at radius 1 is 1.60 bits per heavy atom. The minimum atomic E-state index is -1.08. The van der Waals surface area contributed by atoms with E-state index in [0.717, 1.165) is 0 Å². The number of nitrogens with one attached hydrogen (secondary N) is 1. The zero-order valence-electron chi connectivity index (χ0n) is 7.71. The van der Waals surface area contributed by atoms with Gasteiger partial charge in [-0.3, -0.25) is 0 Å². The zero-order valence-corrected chi connectivity index (χ0v) is 8.46. The summed E-state index contributed by atoms with van der Waals surface area (Å²) in [6.45, 7) is 0. The first-order chi connectivity index (χ1) is 7.09. The van der Waals surface area contributed by atoms with Crippen molar-refractivity contribution in [2.24, 2.45) is 0 Å². The van der Waals surface area contributed by atoms with E-state index in [4.69, 9.17) is 16.7 Å². The maximum Gasteiger partial charge on any atom is 0.404 e. The Labute approximate surface area is 90.9 Å². The van der Waals surface area contributed by atoms with E-state index in [9.17, 15) is 9.18 Å². The van der Waals surface area contributed by atoms with Gasteiger partial charge in [0.25, 0.3) is 0 Å². The van der Waals surface area contributed by atoms with Gasteiger partial charge in [-0.15, -0.1) is 0 Å². The Bertz CT molecular complexity index is 410. The molecule has 1 aromatic rings. The minimum Gasteiger partial charge on any atom is -0.465 e. The highest BCUT2D eigenvalue weighted by Gasteiger charge is 2.41. The highest BCUT2D eigenvalue weighted by molar-refractivity contribution is 6.30. The molecule has 3 nitrogen and oxygen atoms in total. The maximum absolute atomic E-state index is 13.5. The van der Waals surface area contributed by atoms with E-state index in [1.807, 2.05) is 0 Å². The molecule has 1 aromatic carbocycles. The topological polar surface area (TPSA) is 49.3 Å². The van der Waals surface area contributed by atoms with Crippen molar-refractivity contribution in [2.75, 3.05) is 0 Å².